The van der Waals surface area contributed by atoms with Crippen LogP contribution in [0.3, 0.4) is 0 Å². The number of rotatable bonds is 5. The van der Waals surface area contributed by atoms with Gasteiger partial charge in [0, 0.05) is 29.3 Å². The Hall–Kier alpha value is -2.53. The summed E-state index contributed by atoms with van der Waals surface area (Å²) in [4.78, 5) is 21.4. The maximum absolute atomic E-state index is 11.7. The Balaban J connectivity index is 1.94. The van der Waals surface area contributed by atoms with Crippen LogP contribution in [0.2, 0.25) is 0 Å². The largest absolute Gasteiger partial charge is 0.469 e. The molecule has 0 bridgehead atoms. The lowest BCUT2D eigenvalue weighted by Gasteiger charge is -2.01. The lowest BCUT2D eigenvalue weighted by atomic mass is 10.1. The van der Waals surface area contributed by atoms with Gasteiger partial charge >= 0.3 is 5.97 Å². The number of pyridine rings is 1. The number of methoxy groups -OCH3 is 1. The highest BCUT2D eigenvalue weighted by Gasteiger charge is 2.16. The van der Waals surface area contributed by atoms with Gasteiger partial charge < -0.3 is 4.74 Å². The molecule has 3 aromatic rings. The molecule has 4 nitrogen and oxygen atoms in total. The summed E-state index contributed by atoms with van der Waals surface area (Å²) in [5, 5.41) is 0.988. The van der Waals surface area contributed by atoms with Crippen LogP contribution in [0, 0.1) is 0 Å². The Labute approximate surface area is 138 Å². The Bertz CT molecular complexity index is 785. The van der Waals surface area contributed by atoms with Gasteiger partial charge in [-0.1, -0.05) is 30.3 Å². The average molecular weight is 324 g/mol. The van der Waals surface area contributed by atoms with Crippen LogP contribution < -0.4 is 0 Å². The molecule has 0 amide bonds. The number of hydrogen-bond donors (Lipinski definition) is 0. The summed E-state index contributed by atoms with van der Waals surface area (Å²) in [6.45, 7) is 0. The maximum Gasteiger partial charge on any atom is 0.310 e. The third-order valence-corrected chi connectivity index (χ3v) is 4.48. The van der Waals surface area contributed by atoms with Gasteiger partial charge in [-0.25, -0.2) is 4.98 Å². The van der Waals surface area contributed by atoms with Crippen molar-refractivity contribution in [2.45, 2.75) is 12.8 Å². The number of aromatic nitrogens is 2. The first-order chi connectivity index (χ1) is 11.3. The topological polar surface area (TPSA) is 52.1 Å². The summed E-state index contributed by atoms with van der Waals surface area (Å²) in [6.07, 6.45) is 4.45. The van der Waals surface area contributed by atoms with E-state index in [9.17, 15) is 4.79 Å². The quantitative estimate of drug-likeness (QED) is 0.674. The van der Waals surface area contributed by atoms with Crippen molar-refractivity contribution in [3.05, 3.63) is 70.3 Å². The normalized spacial score (nSPS) is 10.5. The van der Waals surface area contributed by atoms with Crippen molar-refractivity contribution in [1.82, 2.24) is 9.97 Å². The third kappa shape index (κ3) is 3.81. The van der Waals surface area contributed by atoms with Crippen LogP contribution in [-0.2, 0) is 22.4 Å². The molecule has 3 rings (SSSR count). The summed E-state index contributed by atoms with van der Waals surface area (Å²) in [5.74, 6) is -0.254. The highest BCUT2D eigenvalue weighted by Crippen LogP contribution is 2.30. The van der Waals surface area contributed by atoms with Gasteiger partial charge in [0.25, 0.3) is 0 Å². The molecule has 2 aromatic heterocycles. The van der Waals surface area contributed by atoms with E-state index in [0.29, 0.717) is 0 Å². The molecule has 116 valence electrons. The van der Waals surface area contributed by atoms with Gasteiger partial charge in [0.15, 0.2) is 0 Å². The van der Waals surface area contributed by atoms with Crippen LogP contribution in [0.1, 0.15) is 15.4 Å². The standard InChI is InChI=1S/C18H16N2O2S/c1-22-17(21)12-15-18(14-7-9-19-10-8-14)20-16(23-15)11-13-5-3-2-4-6-13/h2-10H,11-12H2,1H3. The SMILES string of the molecule is COC(=O)Cc1sc(Cc2ccccc2)nc1-c1ccncc1. The number of carbonyl (C=O) groups is 1. The molecule has 1 aromatic carbocycles. The third-order valence-electron chi connectivity index (χ3n) is 3.43. The van der Waals surface area contributed by atoms with Gasteiger partial charge in [-0.05, 0) is 17.7 Å². The predicted molar refractivity (Wildman–Crippen MR) is 90.3 cm³/mol. The minimum absolute atomic E-state index is 0.237. The van der Waals surface area contributed by atoms with E-state index in [1.54, 1.807) is 23.7 Å². The number of esters is 1. The number of carbonyl (C=O) groups excluding carboxylic acids is 1. The molecule has 23 heavy (non-hydrogen) atoms. The molecule has 0 aliphatic heterocycles. The maximum atomic E-state index is 11.7. The second-order valence-electron chi connectivity index (χ2n) is 5.03. The number of nitrogens with zero attached hydrogens (tertiary/aromatic N) is 2. The van der Waals surface area contributed by atoms with Gasteiger partial charge in [0.1, 0.15) is 0 Å². The van der Waals surface area contributed by atoms with Crippen LogP contribution in [-0.4, -0.2) is 23.0 Å². The van der Waals surface area contributed by atoms with Crippen molar-refractivity contribution in [3.63, 3.8) is 0 Å². The molecule has 5 heteroatoms. The van der Waals surface area contributed by atoms with Gasteiger partial charge in [-0.2, -0.15) is 0 Å². The van der Waals surface area contributed by atoms with Gasteiger partial charge in [-0.3, -0.25) is 9.78 Å². The van der Waals surface area contributed by atoms with Crippen LogP contribution in [0.4, 0.5) is 0 Å². The molecule has 0 unspecified atom stereocenters. The molecule has 0 N–H and O–H groups in total. The molecular formula is C18H16N2O2S. The highest BCUT2D eigenvalue weighted by molar-refractivity contribution is 7.12. The van der Waals surface area contributed by atoms with E-state index in [0.717, 1.165) is 27.6 Å². The summed E-state index contributed by atoms with van der Waals surface area (Å²) < 4.78 is 4.80. The lowest BCUT2D eigenvalue weighted by molar-refractivity contribution is -0.139. The van der Waals surface area contributed by atoms with Crippen LogP contribution in [0.25, 0.3) is 11.3 Å². The molecule has 0 fully saturated rings. The average Bonchev–Trinajstić information content (AvgIpc) is 2.98. The summed E-state index contributed by atoms with van der Waals surface area (Å²) in [5.41, 5.74) is 3.01. The molecule has 0 aliphatic carbocycles. The van der Waals surface area contributed by atoms with E-state index >= 15 is 0 Å². The Morgan fingerprint density at radius 2 is 1.87 bits per heavy atom. The zero-order chi connectivity index (χ0) is 16.1. The molecule has 0 aliphatic rings. The van der Waals surface area contributed by atoms with E-state index in [1.807, 2.05) is 30.3 Å². The fraction of sp³-hybridized carbons (Fsp3) is 0.167. The van der Waals surface area contributed by atoms with Crippen molar-refractivity contribution >= 4 is 17.3 Å². The molecule has 2 heterocycles. The number of benzene rings is 1. The second kappa shape index (κ2) is 7.15. The molecule has 0 saturated heterocycles. The van der Waals surface area contributed by atoms with E-state index in [-0.39, 0.29) is 12.4 Å². The van der Waals surface area contributed by atoms with Crippen molar-refractivity contribution in [2.24, 2.45) is 0 Å². The minimum atomic E-state index is -0.254. The van der Waals surface area contributed by atoms with E-state index in [4.69, 9.17) is 9.72 Å². The second-order valence-corrected chi connectivity index (χ2v) is 6.20. The molecule has 0 spiro atoms. The van der Waals surface area contributed by atoms with Crippen molar-refractivity contribution in [1.29, 1.82) is 0 Å². The van der Waals surface area contributed by atoms with E-state index < -0.39 is 0 Å². The van der Waals surface area contributed by atoms with Gasteiger partial charge in [-0.15, -0.1) is 11.3 Å². The molecular weight excluding hydrogens is 308 g/mol. The fourth-order valence-corrected chi connectivity index (χ4v) is 3.42. The molecule has 0 radical (unpaired) electrons. The summed E-state index contributed by atoms with van der Waals surface area (Å²) in [7, 11) is 1.40. The Kier molecular flexibility index (Phi) is 4.78. The zero-order valence-electron chi connectivity index (χ0n) is 12.7. The van der Waals surface area contributed by atoms with Crippen molar-refractivity contribution in [3.8, 4) is 11.3 Å². The Morgan fingerprint density at radius 1 is 1.13 bits per heavy atom. The van der Waals surface area contributed by atoms with E-state index in [1.165, 1.54) is 12.7 Å². The van der Waals surface area contributed by atoms with Crippen molar-refractivity contribution < 1.29 is 9.53 Å². The van der Waals surface area contributed by atoms with Gasteiger partial charge in [0.05, 0.1) is 24.2 Å². The lowest BCUT2D eigenvalue weighted by Crippen LogP contribution is -2.03. The van der Waals surface area contributed by atoms with Crippen LogP contribution >= 0.6 is 11.3 Å². The zero-order valence-corrected chi connectivity index (χ0v) is 13.5. The van der Waals surface area contributed by atoms with E-state index in [2.05, 4.69) is 17.1 Å². The first-order valence-electron chi connectivity index (χ1n) is 7.26. The molecule has 0 atom stereocenters. The predicted octanol–water partition coefficient (Wildman–Crippen LogP) is 3.51. The summed E-state index contributed by atoms with van der Waals surface area (Å²) in [6, 6.07) is 14.0. The van der Waals surface area contributed by atoms with Crippen molar-refractivity contribution in [2.75, 3.05) is 7.11 Å². The molecule has 0 saturated carbocycles. The first-order valence-corrected chi connectivity index (χ1v) is 8.07. The fourth-order valence-electron chi connectivity index (χ4n) is 2.30. The highest BCUT2D eigenvalue weighted by atomic mass is 32.1. The smallest absolute Gasteiger partial charge is 0.310 e. The minimum Gasteiger partial charge on any atom is -0.469 e. The number of thiazole rings is 1. The van der Waals surface area contributed by atoms with Crippen LogP contribution in [0.15, 0.2) is 54.9 Å². The summed E-state index contributed by atoms with van der Waals surface area (Å²) >= 11 is 1.56. The number of ether oxygens (including phenoxy) is 1. The number of hydrogen-bond acceptors (Lipinski definition) is 5. The Morgan fingerprint density at radius 3 is 2.57 bits per heavy atom. The monoisotopic (exact) mass is 324 g/mol. The van der Waals surface area contributed by atoms with Gasteiger partial charge in [0.2, 0.25) is 0 Å². The first kappa shape index (κ1) is 15.4. The van der Waals surface area contributed by atoms with Crippen LogP contribution in [0.5, 0.6) is 0 Å².